The molecule has 0 unspecified atom stereocenters. The minimum atomic E-state index is -4.55. The minimum Gasteiger partial charge on any atom is -0.344 e. The molecule has 2 heterocycles. The third kappa shape index (κ3) is 4.40. The molecule has 1 aliphatic rings. The highest BCUT2D eigenvalue weighted by Gasteiger charge is 2.31. The zero-order valence-electron chi connectivity index (χ0n) is 16.8. The number of halogens is 3. The van der Waals surface area contributed by atoms with Crippen molar-refractivity contribution in [2.45, 2.75) is 37.0 Å². The summed E-state index contributed by atoms with van der Waals surface area (Å²) in [6.07, 6.45) is 4.17. The zero-order valence-corrected chi connectivity index (χ0v) is 18.4. The van der Waals surface area contributed by atoms with Crippen LogP contribution in [-0.2, 0) is 23.8 Å². The SMILES string of the molecule is C#CCNC(=O)CSc1nc2sc3c(c2c(=O)n1-c1cccc(C(F)(F)F)c1)CCCC3. The van der Waals surface area contributed by atoms with Crippen LogP contribution in [0.4, 0.5) is 13.2 Å². The summed E-state index contributed by atoms with van der Waals surface area (Å²) in [5.41, 5.74) is -0.281. The van der Waals surface area contributed by atoms with Crippen LogP contribution in [0.1, 0.15) is 28.8 Å². The van der Waals surface area contributed by atoms with Gasteiger partial charge in [0.2, 0.25) is 5.91 Å². The van der Waals surface area contributed by atoms with Crippen molar-refractivity contribution in [3.63, 3.8) is 0 Å². The largest absolute Gasteiger partial charge is 0.416 e. The number of nitrogens with one attached hydrogen (secondary N) is 1. The van der Waals surface area contributed by atoms with Gasteiger partial charge in [0.05, 0.1) is 28.9 Å². The molecule has 0 radical (unpaired) electrons. The van der Waals surface area contributed by atoms with Crippen LogP contribution >= 0.6 is 23.1 Å². The highest BCUT2D eigenvalue weighted by molar-refractivity contribution is 7.99. The van der Waals surface area contributed by atoms with E-state index >= 15 is 0 Å². The Morgan fingerprint density at radius 3 is 2.84 bits per heavy atom. The molecule has 10 heteroatoms. The number of hydrogen-bond donors (Lipinski definition) is 1. The fourth-order valence-electron chi connectivity index (χ4n) is 3.66. The van der Waals surface area contributed by atoms with Gasteiger partial charge < -0.3 is 5.32 Å². The standard InChI is InChI=1S/C22H18F3N3O2S2/c1-2-10-26-17(29)12-31-21-27-19-18(15-8-3-4-9-16(15)32-19)20(30)28(21)14-7-5-6-13(11-14)22(23,24)25/h1,5-7,11H,3-4,8-10,12H2,(H,26,29). The summed E-state index contributed by atoms with van der Waals surface area (Å²) in [7, 11) is 0. The molecule has 0 aliphatic heterocycles. The van der Waals surface area contributed by atoms with Crippen LogP contribution in [-0.4, -0.2) is 27.8 Å². The smallest absolute Gasteiger partial charge is 0.344 e. The third-order valence-corrected chi connectivity index (χ3v) is 7.23. The normalized spacial score (nSPS) is 13.6. The number of aryl methyl sites for hydroxylation is 2. The van der Waals surface area contributed by atoms with Gasteiger partial charge in [-0.1, -0.05) is 23.7 Å². The number of aromatic nitrogens is 2. The lowest BCUT2D eigenvalue weighted by atomic mass is 9.97. The number of hydrogen-bond acceptors (Lipinski definition) is 5. The Morgan fingerprint density at radius 2 is 2.09 bits per heavy atom. The molecule has 4 rings (SSSR count). The van der Waals surface area contributed by atoms with Gasteiger partial charge in [0.1, 0.15) is 4.83 Å². The summed E-state index contributed by atoms with van der Waals surface area (Å²) in [4.78, 5) is 31.9. The monoisotopic (exact) mass is 477 g/mol. The molecule has 0 atom stereocenters. The molecule has 1 aliphatic carbocycles. The number of benzene rings is 1. The summed E-state index contributed by atoms with van der Waals surface area (Å²) in [5.74, 6) is 1.86. The van der Waals surface area contributed by atoms with Gasteiger partial charge in [0.15, 0.2) is 5.16 Å². The molecule has 1 N–H and O–H groups in total. The summed E-state index contributed by atoms with van der Waals surface area (Å²) < 4.78 is 41.1. The van der Waals surface area contributed by atoms with E-state index < -0.39 is 17.3 Å². The van der Waals surface area contributed by atoms with Crippen molar-refractivity contribution in [1.82, 2.24) is 14.9 Å². The molecular formula is C22H18F3N3O2S2. The van der Waals surface area contributed by atoms with E-state index in [1.165, 1.54) is 28.0 Å². The van der Waals surface area contributed by atoms with Crippen LogP contribution in [0.5, 0.6) is 0 Å². The lowest BCUT2D eigenvalue weighted by Gasteiger charge is -2.15. The quantitative estimate of drug-likeness (QED) is 0.340. The van der Waals surface area contributed by atoms with Gasteiger partial charge in [-0.25, -0.2) is 4.98 Å². The first kappa shape index (κ1) is 22.4. The number of carbonyl (C=O) groups excluding carboxylic acids is 1. The van der Waals surface area contributed by atoms with E-state index in [0.717, 1.165) is 60.0 Å². The van der Waals surface area contributed by atoms with Gasteiger partial charge in [-0.3, -0.25) is 14.2 Å². The maximum absolute atomic E-state index is 13.6. The van der Waals surface area contributed by atoms with Crippen LogP contribution in [0.25, 0.3) is 15.9 Å². The number of thioether (sulfide) groups is 1. The molecule has 3 aromatic rings. The molecule has 0 saturated carbocycles. The highest BCUT2D eigenvalue weighted by Crippen LogP contribution is 2.36. The van der Waals surface area contributed by atoms with Crippen molar-refractivity contribution in [2.75, 3.05) is 12.3 Å². The van der Waals surface area contributed by atoms with E-state index in [1.807, 2.05) is 0 Å². The molecule has 1 amide bonds. The maximum Gasteiger partial charge on any atom is 0.416 e. The Bertz CT molecular complexity index is 1290. The molecule has 1 aromatic carbocycles. The summed E-state index contributed by atoms with van der Waals surface area (Å²) >= 11 is 2.43. The molecule has 2 aromatic heterocycles. The zero-order chi connectivity index (χ0) is 22.9. The lowest BCUT2D eigenvalue weighted by molar-refractivity contribution is -0.137. The van der Waals surface area contributed by atoms with Gasteiger partial charge in [0, 0.05) is 4.88 Å². The van der Waals surface area contributed by atoms with Gasteiger partial charge in [-0.2, -0.15) is 13.2 Å². The van der Waals surface area contributed by atoms with Crippen LogP contribution in [0.3, 0.4) is 0 Å². The average Bonchev–Trinajstić information content (AvgIpc) is 3.14. The third-order valence-electron chi connectivity index (χ3n) is 5.11. The second kappa shape index (κ2) is 9.00. The van der Waals surface area contributed by atoms with Crippen molar-refractivity contribution < 1.29 is 18.0 Å². The first-order valence-electron chi connectivity index (χ1n) is 9.87. The van der Waals surface area contributed by atoms with Gasteiger partial charge in [0.25, 0.3) is 5.56 Å². The Balaban J connectivity index is 1.86. The fourth-order valence-corrected chi connectivity index (χ4v) is 5.81. The minimum absolute atomic E-state index is 0.0570. The molecule has 5 nitrogen and oxygen atoms in total. The molecule has 32 heavy (non-hydrogen) atoms. The van der Waals surface area contributed by atoms with Gasteiger partial charge in [-0.05, 0) is 49.4 Å². The van der Waals surface area contributed by atoms with Crippen LogP contribution in [0, 0.1) is 12.3 Å². The van der Waals surface area contributed by atoms with Crippen molar-refractivity contribution in [2.24, 2.45) is 0 Å². The van der Waals surface area contributed by atoms with Crippen LogP contribution in [0.15, 0.2) is 34.2 Å². The summed E-state index contributed by atoms with van der Waals surface area (Å²) in [6, 6.07) is 4.57. The number of carbonyl (C=O) groups is 1. The average molecular weight is 478 g/mol. The second-order valence-corrected chi connectivity index (χ2v) is 9.27. The van der Waals surface area contributed by atoms with Gasteiger partial charge >= 0.3 is 6.18 Å². The highest BCUT2D eigenvalue weighted by atomic mass is 32.2. The van der Waals surface area contributed by atoms with Crippen LogP contribution < -0.4 is 10.9 Å². The van der Waals surface area contributed by atoms with Crippen molar-refractivity contribution in [1.29, 1.82) is 0 Å². The fraction of sp³-hybridized carbons (Fsp3) is 0.318. The Hall–Kier alpha value is -2.77. The molecule has 0 spiro atoms. The van der Waals surface area contributed by atoms with E-state index in [1.54, 1.807) is 0 Å². The van der Waals surface area contributed by atoms with Crippen molar-refractivity contribution in [3.8, 4) is 18.0 Å². The topological polar surface area (TPSA) is 64.0 Å². The van der Waals surface area contributed by atoms with Crippen molar-refractivity contribution in [3.05, 3.63) is 50.6 Å². The molecule has 0 bridgehead atoms. The second-order valence-electron chi connectivity index (χ2n) is 7.24. The number of thiophene rings is 1. The number of alkyl halides is 3. The lowest BCUT2D eigenvalue weighted by Crippen LogP contribution is -2.27. The van der Waals surface area contributed by atoms with Crippen molar-refractivity contribution >= 4 is 39.2 Å². The number of fused-ring (bicyclic) bond motifs is 3. The molecule has 166 valence electrons. The summed E-state index contributed by atoms with van der Waals surface area (Å²) in [6.45, 7) is 0.0595. The molecular weight excluding hydrogens is 459 g/mol. The van der Waals surface area contributed by atoms with Crippen LogP contribution in [0.2, 0.25) is 0 Å². The number of nitrogens with zero attached hydrogens (tertiary/aromatic N) is 2. The molecule has 0 fully saturated rings. The summed E-state index contributed by atoms with van der Waals surface area (Å²) in [5, 5.41) is 3.15. The molecule has 0 saturated heterocycles. The predicted octanol–water partition coefficient (Wildman–Crippen LogP) is 4.19. The number of rotatable bonds is 5. The Labute approximate surface area is 190 Å². The van der Waals surface area contributed by atoms with E-state index in [0.29, 0.717) is 10.2 Å². The van der Waals surface area contributed by atoms with Gasteiger partial charge in [-0.15, -0.1) is 17.8 Å². The van der Waals surface area contributed by atoms with E-state index in [4.69, 9.17) is 6.42 Å². The first-order valence-corrected chi connectivity index (χ1v) is 11.7. The van der Waals surface area contributed by atoms with E-state index in [2.05, 4.69) is 16.2 Å². The number of terminal acetylenes is 1. The van der Waals surface area contributed by atoms with E-state index in [9.17, 15) is 22.8 Å². The number of amides is 1. The Morgan fingerprint density at radius 1 is 1.31 bits per heavy atom. The first-order chi connectivity index (χ1) is 15.3. The predicted molar refractivity (Wildman–Crippen MR) is 119 cm³/mol. The Kier molecular flexibility index (Phi) is 6.31. The van der Waals surface area contributed by atoms with E-state index in [-0.39, 0.29) is 29.0 Å². The maximum atomic E-state index is 13.6.